The first-order valence-electron chi connectivity index (χ1n) is 6.30. The Hall–Kier alpha value is -0.830. The molecule has 1 aliphatic rings. The summed E-state index contributed by atoms with van der Waals surface area (Å²) in [5.74, 6) is 0.233. The van der Waals surface area contributed by atoms with Crippen LogP contribution in [0.4, 0.5) is 0 Å². The summed E-state index contributed by atoms with van der Waals surface area (Å²) < 4.78 is 0. The zero-order valence-electron chi connectivity index (χ0n) is 10.4. The Kier molecular flexibility index (Phi) is 5.00. The molecule has 0 unspecified atom stereocenters. The molecule has 0 spiro atoms. The molecule has 1 rings (SSSR count). The van der Waals surface area contributed by atoms with Crippen molar-refractivity contribution in [1.29, 1.82) is 0 Å². The Labute approximate surface area is 98.7 Å². The van der Waals surface area contributed by atoms with Crippen molar-refractivity contribution in [3.63, 3.8) is 0 Å². The molecule has 0 aromatic carbocycles. The fraction of sp³-hybridized carbons (Fsp3) is 0.769. The quantitative estimate of drug-likeness (QED) is 0.725. The van der Waals surface area contributed by atoms with Crippen molar-refractivity contribution < 1.29 is 4.79 Å². The lowest BCUT2D eigenvalue weighted by atomic mass is 9.73. The molecule has 1 aliphatic carbocycles. The normalized spacial score (nSPS) is 19.1. The maximum Gasteiger partial charge on any atom is 0.230 e. The number of rotatable bonds is 5. The minimum atomic E-state index is -0.280. The molecule has 92 valence electrons. The predicted octanol–water partition coefficient (Wildman–Crippen LogP) is 1.93. The highest BCUT2D eigenvalue weighted by Gasteiger charge is 2.40. The molecule has 0 radical (unpaired) electrons. The summed E-state index contributed by atoms with van der Waals surface area (Å²) in [5.41, 5.74) is 5.57. The Bertz CT molecular complexity index is 244. The summed E-state index contributed by atoms with van der Waals surface area (Å²) in [6, 6.07) is 0. The molecule has 1 fully saturated rings. The molecule has 16 heavy (non-hydrogen) atoms. The van der Waals surface area contributed by atoms with Gasteiger partial charge in [0.25, 0.3) is 0 Å². The van der Waals surface area contributed by atoms with Crippen LogP contribution >= 0.6 is 0 Å². The zero-order chi connectivity index (χ0) is 12.0. The molecule has 0 bridgehead atoms. The van der Waals surface area contributed by atoms with Gasteiger partial charge in [0.05, 0.1) is 5.41 Å². The third kappa shape index (κ3) is 2.64. The van der Waals surface area contributed by atoms with Crippen LogP contribution in [0.15, 0.2) is 12.7 Å². The second-order valence-electron chi connectivity index (χ2n) is 4.68. The Morgan fingerprint density at radius 2 is 2.06 bits per heavy atom. The van der Waals surface area contributed by atoms with Gasteiger partial charge in [-0.05, 0) is 19.8 Å². The van der Waals surface area contributed by atoms with Crippen molar-refractivity contribution in [2.75, 3.05) is 19.6 Å². The van der Waals surface area contributed by atoms with Crippen molar-refractivity contribution in [3.05, 3.63) is 12.7 Å². The van der Waals surface area contributed by atoms with Gasteiger partial charge in [-0.15, -0.1) is 6.58 Å². The van der Waals surface area contributed by atoms with E-state index in [1.165, 1.54) is 6.42 Å². The van der Waals surface area contributed by atoms with E-state index in [0.717, 1.165) is 32.2 Å². The van der Waals surface area contributed by atoms with Crippen LogP contribution in [-0.4, -0.2) is 30.4 Å². The number of amides is 1. The second-order valence-corrected chi connectivity index (χ2v) is 4.68. The number of carbonyl (C=O) groups is 1. The molecular weight excluding hydrogens is 200 g/mol. The van der Waals surface area contributed by atoms with Gasteiger partial charge in [0.1, 0.15) is 0 Å². The number of carbonyl (C=O) groups excluding carboxylic acids is 1. The van der Waals surface area contributed by atoms with Crippen LogP contribution in [-0.2, 0) is 4.79 Å². The fourth-order valence-electron chi connectivity index (χ4n) is 2.58. The number of likely N-dealkylation sites (N-methyl/N-ethyl adjacent to an activating group) is 1. The van der Waals surface area contributed by atoms with Crippen LogP contribution in [0.1, 0.15) is 39.0 Å². The molecule has 0 aromatic rings. The number of hydrogen-bond donors (Lipinski definition) is 1. The van der Waals surface area contributed by atoms with Crippen LogP contribution in [0, 0.1) is 5.41 Å². The van der Waals surface area contributed by atoms with Gasteiger partial charge in [0.15, 0.2) is 0 Å². The maximum absolute atomic E-state index is 12.5. The number of hydrogen-bond acceptors (Lipinski definition) is 2. The van der Waals surface area contributed by atoms with Crippen molar-refractivity contribution in [2.24, 2.45) is 11.1 Å². The van der Waals surface area contributed by atoms with Crippen molar-refractivity contribution in [1.82, 2.24) is 4.90 Å². The lowest BCUT2D eigenvalue weighted by Crippen LogP contribution is -2.49. The smallest absolute Gasteiger partial charge is 0.230 e. The third-order valence-electron chi connectivity index (χ3n) is 3.67. The van der Waals surface area contributed by atoms with E-state index in [4.69, 9.17) is 5.73 Å². The van der Waals surface area contributed by atoms with Gasteiger partial charge in [-0.25, -0.2) is 0 Å². The van der Waals surface area contributed by atoms with Gasteiger partial charge < -0.3 is 10.6 Å². The summed E-state index contributed by atoms with van der Waals surface area (Å²) in [7, 11) is 0. The maximum atomic E-state index is 12.5. The Morgan fingerprint density at radius 3 is 2.50 bits per heavy atom. The molecule has 3 heteroatoms. The minimum Gasteiger partial charge on any atom is -0.339 e. The van der Waals surface area contributed by atoms with E-state index in [9.17, 15) is 4.79 Å². The van der Waals surface area contributed by atoms with Gasteiger partial charge in [0.2, 0.25) is 5.91 Å². The molecule has 0 aromatic heterocycles. The van der Waals surface area contributed by atoms with Gasteiger partial charge >= 0.3 is 0 Å². The molecule has 0 aliphatic heterocycles. The first-order valence-corrected chi connectivity index (χ1v) is 6.30. The van der Waals surface area contributed by atoms with E-state index in [1.807, 2.05) is 11.8 Å². The zero-order valence-corrected chi connectivity index (χ0v) is 10.4. The first-order chi connectivity index (χ1) is 7.70. The van der Waals surface area contributed by atoms with Crippen LogP contribution in [0.5, 0.6) is 0 Å². The van der Waals surface area contributed by atoms with E-state index in [2.05, 4.69) is 6.58 Å². The van der Waals surface area contributed by atoms with Gasteiger partial charge in [-0.3, -0.25) is 4.79 Å². The highest BCUT2D eigenvalue weighted by Crippen LogP contribution is 2.37. The predicted molar refractivity (Wildman–Crippen MR) is 67.0 cm³/mol. The molecule has 1 saturated carbocycles. The molecule has 3 nitrogen and oxygen atoms in total. The molecule has 2 N–H and O–H groups in total. The van der Waals surface area contributed by atoms with Crippen molar-refractivity contribution in [2.45, 2.75) is 39.0 Å². The van der Waals surface area contributed by atoms with Gasteiger partial charge in [-0.1, -0.05) is 25.3 Å². The lowest BCUT2D eigenvalue weighted by Gasteiger charge is -2.38. The van der Waals surface area contributed by atoms with E-state index >= 15 is 0 Å². The molecular formula is C13H24N2O. The summed E-state index contributed by atoms with van der Waals surface area (Å²) >= 11 is 0. The van der Waals surface area contributed by atoms with E-state index < -0.39 is 0 Å². The van der Waals surface area contributed by atoms with E-state index in [-0.39, 0.29) is 11.3 Å². The van der Waals surface area contributed by atoms with Gasteiger partial charge in [-0.2, -0.15) is 0 Å². The van der Waals surface area contributed by atoms with E-state index in [1.54, 1.807) is 6.08 Å². The van der Waals surface area contributed by atoms with Gasteiger partial charge in [0, 0.05) is 19.6 Å². The standard InChI is InChI=1S/C13H24N2O/c1-3-10-15(4-2)12(16)13(11-14)8-6-5-7-9-13/h3H,1,4-11,14H2,2H3. The third-order valence-corrected chi connectivity index (χ3v) is 3.67. The first kappa shape index (κ1) is 13.2. The van der Waals surface area contributed by atoms with Crippen LogP contribution in [0.3, 0.4) is 0 Å². The largest absolute Gasteiger partial charge is 0.339 e. The summed E-state index contributed by atoms with van der Waals surface area (Å²) in [6.07, 6.45) is 7.20. The lowest BCUT2D eigenvalue weighted by molar-refractivity contribution is -0.142. The molecule has 0 saturated heterocycles. The molecule has 0 atom stereocenters. The average Bonchev–Trinajstić information content (AvgIpc) is 2.36. The minimum absolute atomic E-state index is 0.233. The SMILES string of the molecule is C=CCN(CC)C(=O)C1(CN)CCCCC1. The topological polar surface area (TPSA) is 46.3 Å². The summed E-state index contributed by atoms with van der Waals surface area (Å²) in [5, 5.41) is 0. The van der Waals surface area contributed by atoms with Crippen molar-refractivity contribution in [3.8, 4) is 0 Å². The Morgan fingerprint density at radius 1 is 1.44 bits per heavy atom. The summed E-state index contributed by atoms with van der Waals surface area (Å²) in [6.45, 7) is 7.57. The van der Waals surface area contributed by atoms with E-state index in [0.29, 0.717) is 13.1 Å². The summed E-state index contributed by atoms with van der Waals surface area (Å²) in [4.78, 5) is 14.3. The molecule has 0 heterocycles. The van der Waals surface area contributed by atoms with Crippen molar-refractivity contribution >= 4 is 5.91 Å². The second kappa shape index (κ2) is 6.04. The fourth-order valence-corrected chi connectivity index (χ4v) is 2.58. The molecule has 1 amide bonds. The number of nitrogens with two attached hydrogens (primary N) is 1. The highest BCUT2D eigenvalue weighted by molar-refractivity contribution is 5.83. The van der Waals surface area contributed by atoms with Crippen LogP contribution < -0.4 is 5.73 Å². The monoisotopic (exact) mass is 224 g/mol. The number of nitrogens with zero attached hydrogens (tertiary/aromatic N) is 1. The van der Waals surface area contributed by atoms with Crippen LogP contribution in [0.25, 0.3) is 0 Å². The van der Waals surface area contributed by atoms with Crippen LogP contribution in [0.2, 0.25) is 0 Å². The average molecular weight is 224 g/mol. The Balaban J connectivity index is 2.76. The highest BCUT2D eigenvalue weighted by atomic mass is 16.2.